The number of hydrogen-bond donors (Lipinski definition) is 1. The minimum absolute atomic E-state index is 0.229. The van der Waals surface area contributed by atoms with E-state index in [1.807, 2.05) is 4.90 Å². The normalized spacial score (nSPS) is 20.2. The van der Waals surface area contributed by atoms with Crippen molar-refractivity contribution in [2.24, 2.45) is 0 Å². The first-order valence-electron chi connectivity index (χ1n) is 6.23. The highest BCUT2D eigenvalue weighted by atomic mass is 32.1. The van der Waals surface area contributed by atoms with Crippen molar-refractivity contribution in [3.63, 3.8) is 0 Å². The number of rotatable bonds is 4. The maximum absolute atomic E-state index is 12.1. The van der Waals surface area contributed by atoms with Crippen LogP contribution in [0.4, 0.5) is 0 Å². The Morgan fingerprint density at radius 2 is 2.47 bits per heavy atom. The predicted molar refractivity (Wildman–Crippen MR) is 71.1 cm³/mol. The molecule has 1 aliphatic heterocycles. The fraction of sp³-hybridized carbons (Fsp3) is 0.615. The van der Waals surface area contributed by atoms with Gasteiger partial charge < -0.3 is 10.2 Å². The summed E-state index contributed by atoms with van der Waals surface area (Å²) >= 11 is 1.70. The van der Waals surface area contributed by atoms with E-state index in [1.165, 1.54) is 5.56 Å². The molecule has 1 saturated heterocycles. The predicted octanol–water partition coefficient (Wildman–Crippen LogP) is 2.41. The van der Waals surface area contributed by atoms with Crippen LogP contribution in [-0.4, -0.2) is 29.9 Å². The number of nitrogens with one attached hydrogen (secondary N) is 1. The summed E-state index contributed by atoms with van der Waals surface area (Å²) in [7, 11) is 0. The van der Waals surface area contributed by atoms with Crippen LogP contribution in [0.2, 0.25) is 0 Å². The van der Waals surface area contributed by atoms with Gasteiger partial charge >= 0.3 is 0 Å². The van der Waals surface area contributed by atoms with Crippen LogP contribution in [0.5, 0.6) is 0 Å². The highest BCUT2D eigenvalue weighted by molar-refractivity contribution is 7.07. The van der Waals surface area contributed by atoms with Gasteiger partial charge in [0.1, 0.15) is 0 Å². The van der Waals surface area contributed by atoms with E-state index in [4.69, 9.17) is 0 Å². The van der Waals surface area contributed by atoms with Crippen LogP contribution in [0.25, 0.3) is 0 Å². The largest absolute Gasteiger partial charge is 0.335 e. The Kier molecular flexibility index (Phi) is 4.18. The fourth-order valence-electron chi connectivity index (χ4n) is 2.27. The summed E-state index contributed by atoms with van der Waals surface area (Å²) in [5, 5.41) is 7.44. The molecule has 1 N–H and O–H groups in total. The van der Waals surface area contributed by atoms with Gasteiger partial charge in [-0.1, -0.05) is 13.8 Å². The fourth-order valence-corrected chi connectivity index (χ4v) is 2.98. The van der Waals surface area contributed by atoms with Gasteiger partial charge in [0.15, 0.2) is 0 Å². The molecule has 1 aliphatic rings. The minimum atomic E-state index is 0.229. The van der Waals surface area contributed by atoms with Crippen molar-refractivity contribution in [2.45, 2.75) is 38.8 Å². The molecule has 1 aromatic heterocycles. The molecule has 1 atom stereocenters. The zero-order valence-electron chi connectivity index (χ0n) is 10.5. The Bertz CT molecular complexity index is 362. The van der Waals surface area contributed by atoms with Crippen molar-refractivity contribution in [1.29, 1.82) is 0 Å². The van der Waals surface area contributed by atoms with E-state index >= 15 is 0 Å². The number of likely N-dealkylation sites (tertiary alicyclic amines) is 1. The average molecular weight is 252 g/mol. The first-order valence-corrected chi connectivity index (χ1v) is 7.17. The molecule has 1 aromatic rings. The van der Waals surface area contributed by atoms with Gasteiger partial charge in [0, 0.05) is 12.6 Å². The highest BCUT2D eigenvalue weighted by Crippen LogP contribution is 2.32. The number of hydrogen-bond acceptors (Lipinski definition) is 3. The van der Waals surface area contributed by atoms with Gasteiger partial charge in [-0.15, -0.1) is 0 Å². The number of nitrogens with zero attached hydrogens (tertiary/aromatic N) is 1. The van der Waals surface area contributed by atoms with Gasteiger partial charge in [-0.3, -0.25) is 4.79 Å². The zero-order chi connectivity index (χ0) is 12.3. The molecule has 0 radical (unpaired) electrons. The lowest BCUT2D eigenvalue weighted by Crippen LogP contribution is -2.39. The molecule has 0 aliphatic carbocycles. The van der Waals surface area contributed by atoms with Crippen LogP contribution >= 0.6 is 11.3 Å². The molecular formula is C13H20N2OS. The molecule has 1 unspecified atom stereocenters. The third-order valence-electron chi connectivity index (χ3n) is 3.16. The summed E-state index contributed by atoms with van der Waals surface area (Å²) in [6, 6.07) is 2.81. The van der Waals surface area contributed by atoms with Gasteiger partial charge in [0.2, 0.25) is 5.91 Å². The third-order valence-corrected chi connectivity index (χ3v) is 3.86. The molecule has 1 amide bonds. The third kappa shape index (κ3) is 3.07. The molecule has 0 aromatic carbocycles. The van der Waals surface area contributed by atoms with E-state index in [0.717, 1.165) is 19.4 Å². The Hall–Kier alpha value is -0.870. The van der Waals surface area contributed by atoms with E-state index in [1.54, 1.807) is 11.3 Å². The standard InChI is InChI=1S/C13H20N2OS/c1-10(2)14-8-13(16)15-6-3-4-12(15)11-5-7-17-9-11/h5,7,9-10,12,14H,3-4,6,8H2,1-2H3. The van der Waals surface area contributed by atoms with E-state index in [2.05, 4.69) is 36.0 Å². The average Bonchev–Trinajstić information content (AvgIpc) is 2.94. The summed E-state index contributed by atoms with van der Waals surface area (Å²) in [6.45, 7) is 5.48. The second-order valence-corrected chi connectivity index (χ2v) is 5.62. The van der Waals surface area contributed by atoms with Crippen LogP contribution in [0.3, 0.4) is 0 Å². The van der Waals surface area contributed by atoms with Crippen molar-refractivity contribution in [3.8, 4) is 0 Å². The molecule has 0 spiro atoms. The summed E-state index contributed by atoms with van der Waals surface area (Å²) in [4.78, 5) is 14.1. The first kappa shape index (κ1) is 12.6. The topological polar surface area (TPSA) is 32.3 Å². The molecule has 17 heavy (non-hydrogen) atoms. The first-order chi connectivity index (χ1) is 8.18. The molecule has 2 rings (SSSR count). The maximum Gasteiger partial charge on any atom is 0.237 e. The van der Waals surface area contributed by atoms with Crippen molar-refractivity contribution in [3.05, 3.63) is 22.4 Å². The molecule has 3 nitrogen and oxygen atoms in total. The van der Waals surface area contributed by atoms with Gasteiger partial charge in [-0.2, -0.15) is 11.3 Å². The molecule has 0 bridgehead atoms. The minimum Gasteiger partial charge on any atom is -0.335 e. The van der Waals surface area contributed by atoms with Gasteiger partial charge in [-0.25, -0.2) is 0 Å². The van der Waals surface area contributed by atoms with Gasteiger partial charge in [0.25, 0.3) is 0 Å². The van der Waals surface area contributed by atoms with Crippen LogP contribution in [0.1, 0.15) is 38.3 Å². The van der Waals surface area contributed by atoms with E-state index < -0.39 is 0 Å². The highest BCUT2D eigenvalue weighted by Gasteiger charge is 2.29. The molecule has 0 saturated carbocycles. The van der Waals surface area contributed by atoms with Crippen molar-refractivity contribution in [1.82, 2.24) is 10.2 Å². The SMILES string of the molecule is CC(C)NCC(=O)N1CCCC1c1ccsc1. The Labute approximate surface area is 107 Å². The quantitative estimate of drug-likeness (QED) is 0.892. The molecular weight excluding hydrogens is 232 g/mol. The maximum atomic E-state index is 12.1. The molecule has 1 fully saturated rings. The lowest BCUT2D eigenvalue weighted by atomic mass is 10.1. The van der Waals surface area contributed by atoms with E-state index in [9.17, 15) is 4.79 Å². The smallest absolute Gasteiger partial charge is 0.237 e. The Balaban J connectivity index is 1.97. The summed E-state index contributed by atoms with van der Waals surface area (Å²) < 4.78 is 0. The van der Waals surface area contributed by atoms with Gasteiger partial charge in [-0.05, 0) is 35.2 Å². The summed E-state index contributed by atoms with van der Waals surface area (Å²) in [5.41, 5.74) is 1.30. The molecule has 4 heteroatoms. The Morgan fingerprint density at radius 1 is 1.65 bits per heavy atom. The monoisotopic (exact) mass is 252 g/mol. The summed E-state index contributed by atoms with van der Waals surface area (Å²) in [5.74, 6) is 0.229. The lowest BCUT2D eigenvalue weighted by Gasteiger charge is -2.25. The second-order valence-electron chi connectivity index (χ2n) is 4.84. The number of amides is 1. The molecule has 2 heterocycles. The van der Waals surface area contributed by atoms with E-state index in [0.29, 0.717) is 18.6 Å². The number of thiophene rings is 1. The molecule has 94 valence electrons. The van der Waals surface area contributed by atoms with Crippen molar-refractivity contribution in [2.75, 3.05) is 13.1 Å². The number of carbonyl (C=O) groups excluding carboxylic acids is 1. The van der Waals surface area contributed by atoms with Crippen LogP contribution < -0.4 is 5.32 Å². The van der Waals surface area contributed by atoms with Crippen LogP contribution in [-0.2, 0) is 4.79 Å². The van der Waals surface area contributed by atoms with Crippen LogP contribution in [0.15, 0.2) is 16.8 Å². The van der Waals surface area contributed by atoms with Crippen molar-refractivity contribution >= 4 is 17.2 Å². The summed E-state index contributed by atoms with van der Waals surface area (Å²) in [6.07, 6.45) is 2.22. The van der Waals surface area contributed by atoms with Crippen molar-refractivity contribution < 1.29 is 4.79 Å². The number of carbonyl (C=O) groups is 1. The van der Waals surface area contributed by atoms with Gasteiger partial charge in [0.05, 0.1) is 12.6 Å². The van der Waals surface area contributed by atoms with Crippen LogP contribution in [0, 0.1) is 0 Å². The second kappa shape index (κ2) is 5.65. The Morgan fingerprint density at radius 3 is 3.12 bits per heavy atom. The van der Waals surface area contributed by atoms with E-state index in [-0.39, 0.29) is 5.91 Å². The lowest BCUT2D eigenvalue weighted by molar-refractivity contribution is -0.131. The zero-order valence-corrected chi connectivity index (χ0v) is 11.3.